The number of rotatable bonds is 14. The average molecular weight is 632 g/mol. The number of benzene rings is 2. The van der Waals surface area contributed by atoms with Crippen molar-refractivity contribution in [2.24, 2.45) is 5.92 Å². The van der Waals surface area contributed by atoms with Crippen LogP contribution in [0, 0.1) is 5.92 Å². The predicted molar refractivity (Wildman–Crippen MR) is 176 cm³/mol. The van der Waals surface area contributed by atoms with Crippen LogP contribution in [0.25, 0.3) is 0 Å². The molecule has 1 amide bonds. The molecule has 1 saturated heterocycles. The standard InChI is InChI=1S/C36H46N4O6/c1-6-7-17-39(28-13-10-11-25(18-28)23-40(2,3)4)33(41)22-38-21-29(26-19-31(44-5)35-32(20-26)45-24-46-35)34(36(42)43)30(38)15-14-27-12-8-9-16-37-27/h8-13,16,18-20,29-30,34H,6-7,14-15,17,21-24H2,1-5H3/p+1. The normalized spacial score (nSPS) is 19.3. The van der Waals surface area contributed by atoms with E-state index in [0.717, 1.165) is 46.4 Å². The van der Waals surface area contributed by atoms with E-state index in [1.165, 1.54) is 0 Å². The summed E-state index contributed by atoms with van der Waals surface area (Å²) in [5, 5.41) is 10.7. The van der Waals surface area contributed by atoms with Gasteiger partial charge < -0.3 is 28.7 Å². The summed E-state index contributed by atoms with van der Waals surface area (Å²) in [7, 11) is 8.01. The van der Waals surface area contributed by atoms with E-state index in [9.17, 15) is 14.7 Å². The lowest BCUT2D eigenvalue weighted by Crippen LogP contribution is -2.44. The van der Waals surface area contributed by atoms with Crippen molar-refractivity contribution in [1.29, 1.82) is 0 Å². The Kier molecular flexibility index (Phi) is 10.5. The highest BCUT2D eigenvalue weighted by molar-refractivity contribution is 5.95. The minimum absolute atomic E-state index is 0.0354. The van der Waals surface area contributed by atoms with Gasteiger partial charge in [0.25, 0.3) is 0 Å². The molecule has 0 aliphatic carbocycles. The average Bonchev–Trinajstić information content (AvgIpc) is 3.64. The van der Waals surface area contributed by atoms with Gasteiger partial charge in [0.15, 0.2) is 11.5 Å². The molecule has 1 N–H and O–H groups in total. The number of amides is 1. The zero-order chi connectivity index (χ0) is 32.8. The number of ether oxygens (including phenoxy) is 3. The smallest absolute Gasteiger partial charge is 0.308 e. The Morgan fingerprint density at radius 3 is 2.63 bits per heavy atom. The minimum atomic E-state index is -0.890. The number of carbonyl (C=O) groups is 2. The maximum absolute atomic E-state index is 14.3. The van der Waals surface area contributed by atoms with E-state index in [0.29, 0.717) is 43.2 Å². The maximum Gasteiger partial charge on any atom is 0.308 e. The molecule has 2 aliphatic rings. The van der Waals surface area contributed by atoms with Crippen LogP contribution in [-0.2, 0) is 22.6 Å². The van der Waals surface area contributed by atoms with Gasteiger partial charge in [-0.15, -0.1) is 0 Å². The Balaban J connectivity index is 1.47. The summed E-state index contributed by atoms with van der Waals surface area (Å²) in [5.74, 6) is -0.497. The number of hydrogen-bond donors (Lipinski definition) is 1. The number of fused-ring (bicyclic) bond motifs is 1. The zero-order valence-electron chi connectivity index (χ0n) is 27.6. The Labute approximate surface area is 272 Å². The molecule has 0 spiro atoms. The lowest BCUT2D eigenvalue weighted by Gasteiger charge is -2.30. The number of carboxylic acids is 1. The van der Waals surface area contributed by atoms with Gasteiger partial charge in [0.05, 0.1) is 40.7 Å². The second-order valence-corrected chi connectivity index (χ2v) is 13.3. The number of aliphatic carboxylic acids is 1. The Morgan fingerprint density at radius 2 is 1.93 bits per heavy atom. The molecule has 3 aromatic rings. The van der Waals surface area contributed by atoms with Gasteiger partial charge in [-0.05, 0) is 61.2 Å². The molecule has 5 rings (SSSR count). The van der Waals surface area contributed by atoms with Crippen LogP contribution in [0.4, 0.5) is 5.69 Å². The van der Waals surface area contributed by atoms with E-state index < -0.39 is 11.9 Å². The number of aryl methyl sites for hydroxylation is 1. The molecule has 3 unspecified atom stereocenters. The Morgan fingerprint density at radius 1 is 1.11 bits per heavy atom. The first-order valence-corrected chi connectivity index (χ1v) is 16.1. The Hall–Kier alpha value is -4.15. The van der Waals surface area contributed by atoms with Gasteiger partial charge in [-0.2, -0.15) is 0 Å². The minimum Gasteiger partial charge on any atom is -0.493 e. The van der Waals surface area contributed by atoms with E-state index in [1.54, 1.807) is 13.3 Å². The van der Waals surface area contributed by atoms with Crippen molar-refractivity contribution in [3.8, 4) is 17.2 Å². The number of aromatic nitrogens is 1. The highest BCUT2D eigenvalue weighted by Crippen LogP contribution is 2.47. The van der Waals surface area contributed by atoms with Gasteiger partial charge in [0.2, 0.25) is 18.4 Å². The molecule has 3 heterocycles. The third kappa shape index (κ3) is 7.79. The first kappa shape index (κ1) is 33.2. The molecule has 10 heteroatoms. The molecule has 2 aliphatic heterocycles. The van der Waals surface area contributed by atoms with E-state index >= 15 is 0 Å². The van der Waals surface area contributed by atoms with Crippen LogP contribution in [0.1, 0.15) is 48.9 Å². The predicted octanol–water partition coefficient (Wildman–Crippen LogP) is 4.96. The number of likely N-dealkylation sites (tertiary alicyclic amines) is 1. The van der Waals surface area contributed by atoms with Crippen LogP contribution in [0.5, 0.6) is 17.2 Å². The molecule has 10 nitrogen and oxygen atoms in total. The quantitative estimate of drug-likeness (QED) is 0.249. The highest BCUT2D eigenvalue weighted by atomic mass is 16.7. The van der Waals surface area contributed by atoms with E-state index in [1.807, 2.05) is 47.4 Å². The number of pyridine rings is 1. The van der Waals surface area contributed by atoms with Crippen molar-refractivity contribution in [2.75, 3.05) is 59.6 Å². The van der Waals surface area contributed by atoms with Crippen LogP contribution in [0.2, 0.25) is 0 Å². The summed E-state index contributed by atoms with van der Waals surface area (Å²) in [6.07, 6.45) is 4.72. The molecule has 0 bridgehead atoms. The molecule has 0 saturated carbocycles. The van der Waals surface area contributed by atoms with Crippen LogP contribution in [-0.4, -0.2) is 92.1 Å². The first-order chi connectivity index (χ1) is 22.1. The van der Waals surface area contributed by atoms with E-state index in [-0.39, 0.29) is 31.2 Å². The van der Waals surface area contributed by atoms with Crippen LogP contribution in [0.3, 0.4) is 0 Å². The summed E-state index contributed by atoms with van der Waals surface area (Å²) in [4.78, 5) is 35.7. The fourth-order valence-electron chi connectivity index (χ4n) is 6.74. The molecule has 1 aromatic heterocycles. The van der Waals surface area contributed by atoms with Gasteiger partial charge in [-0.1, -0.05) is 31.5 Å². The van der Waals surface area contributed by atoms with E-state index in [2.05, 4.69) is 50.1 Å². The number of quaternary nitrogens is 1. The molecule has 0 radical (unpaired) electrons. The summed E-state index contributed by atoms with van der Waals surface area (Å²) in [6.45, 7) is 4.15. The molecule has 46 heavy (non-hydrogen) atoms. The van der Waals surface area contributed by atoms with Crippen molar-refractivity contribution in [1.82, 2.24) is 9.88 Å². The second kappa shape index (κ2) is 14.5. The number of carbonyl (C=O) groups excluding carboxylic acids is 1. The monoisotopic (exact) mass is 631 g/mol. The molecular weight excluding hydrogens is 584 g/mol. The van der Waals surface area contributed by atoms with Gasteiger partial charge >= 0.3 is 5.97 Å². The van der Waals surface area contributed by atoms with Gasteiger partial charge in [0, 0.05) is 48.2 Å². The van der Waals surface area contributed by atoms with Crippen molar-refractivity contribution in [2.45, 2.75) is 51.1 Å². The highest BCUT2D eigenvalue weighted by Gasteiger charge is 2.47. The molecule has 2 aromatic carbocycles. The number of nitrogens with zero attached hydrogens (tertiary/aromatic N) is 4. The first-order valence-electron chi connectivity index (χ1n) is 16.1. The third-order valence-electron chi connectivity index (χ3n) is 8.82. The number of anilines is 1. The summed E-state index contributed by atoms with van der Waals surface area (Å²) in [6, 6.07) is 17.3. The van der Waals surface area contributed by atoms with Crippen LogP contribution >= 0.6 is 0 Å². The number of methoxy groups -OCH3 is 1. The summed E-state index contributed by atoms with van der Waals surface area (Å²) in [5.41, 5.74) is 3.73. The lowest BCUT2D eigenvalue weighted by molar-refractivity contribution is -0.884. The fourth-order valence-corrected chi connectivity index (χ4v) is 6.74. The topological polar surface area (TPSA) is 101 Å². The van der Waals surface area contributed by atoms with Gasteiger partial charge in [-0.25, -0.2) is 0 Å². The number of hydrogen-bond acceptors (Lipinski definition) is 7. The number of unbranched alkanes of at least 4 members (excludes halogenated alkanes) is 1. The SMILES string of the molecule is CCCCN(C(=O)CN1CC(c2cc(OC)c3c(c2)OCO3)C(C(=O)O)C1CCc1ccccn1)c1cccc(C[N+](C)(C)C)c1. The van der Waals surface area contributed by atoms with Gasteiger partial charge in [-0.3, -0.25) is 19.5 Å². The zero-order valence-corrected chi connectivity index (χ0v) is 27.6. The second-order valence-electron chi connectivity index (χ2n) is 13.3. The largest absolute Gasteiger partial charge is 0.493 e. The molecule has 3 atom stereocenters. The van der Waals surface area contributed by atoms with Crippen molar-refractivity contribution in [3.05, 3.63) is 77.6 Å². The third-order valence-corrected chi connectivity index (χ3v) is 8.82. The van der Waals surface area contributed by atoms with Gasteiger partial charge in [0.1, 0.15) is 6.54 Å². The Bertz CT molecular complexity index is 1510. The molecule has 1 fully saturated rings. The molecular formula is C36H47N4O6+. The van der Waals surface area contributed by atoms with Crippen molar-refractivity contribution < 1.29 is 33.4 Å². The summed E-state index contributed by atoms with van der Waals surface area (Å²) < 4.78 is 17.7. The van der Waals surface area contributed by atoms with Crippen molar-refractivity contribution >= 4 is 17.6 Å². The number of carboxylic acid groups (broad SMARTS) is 1. The van der Waals surface area contributed by atoms with E-state index in [4.69, 9.17) is 14.2 Å². The summed E-state index contributed by atoms with van der Waals surface area (Å²) >= 11 is 0. The maximum atomic E-state index is 14.3. The van der Waals surface area contributed by atoms with Crippen LogP contribution in [0.15, 0.2) is 60.8 Å². The van der Waals surface area contributed by atoms with Crippen molar-refractivity contribution in [3.63, 3.8) is 0 Å². The van der Waals surface area contributed by atoms with Crippen LogP contribution < -0.4 is 19.1 Å². The fraction of sp³-hybridized carbons (Fsp3) is 0.472. The molecule has 246 valence electrons. The lowest BCUT2D eigenvalue weighted by atomic mass is 9.83.